The highest BCUT2D eigenvalue weighted by molar-refractivity contribution is 5.98. The zero-order chi connectivity index (χ0) is 16.7. The zero-order valence-electron chi connectivity index (χ0n) is 13.1. The Morgan fingerprint density at radius 1 is 1.23 bits per heavy atom. The average Bonchev–Trinajstić information content (AvgIpc) is 2.51. The molecule has 1 rings (SSSR count). The normalized spacial score (nSPS) is 13.0. The fraction of sp³-hybridized carbons (Fsp3) is 0.438. The summed E-state index contributed by atoms with van der Waals surface area (Å²) in [6.07, 6.45) is 0.982. The first-order valence-corrected chi connectivity index (χ1v) is 7.32. The molecule has 2 atom stereocenters. The van der Waals surface area contributed by atoms with Crippen LogP contribution in [0.4, 0.5) is 5.69 Å². The summed E-state index contributed by atoms with van der Waals surface area (Å²) in [7, 11) is 0. The molecule has 0 radical (unpaired) electrons. The number of carbonyl (C=O) groups excluding carboxylic acids is 2. The van der Waals surface area contributed by atoms with Gasteiger partial charge in [0.05, 0.1) is 0 Å². The molecule has 0 saturated carbocycles. The molecule has 0 aromatic heterocycles. The first kappa shape index (κ1) is 17.7. The number of aliphatic carboxylic acids is 1. The predicted octanol–water partition coefficient (Wildman–Crippen LogP) is 2.26. The number of carbonyl (C=O) groups is 3. The Hall–Kier alpha value is -2.37. The number of hydrogen-bond donors (Lipinski definition) is 3. The average molecular weight is 306 g/mol. The van der Waals surface area contributed by atoms with E-state index in [1.807, 2.05) is 6.92 Å². The first-order valence-electron chi connectivity index (χ1n) is 7.32. The lowest BCUT2D eigenvalue weighted by molar-refractivity contribution is -0.140. The molecule has 6 nitrogen and oxygen atoms in total. The van der Waals surface area contributed by atoms with Gasteiger partial charge in [-0.25, -0.2) is 4.79 Å². The topological polar surface area (TPSA) is 95.5 Å². The molecular formula is C16H22N2O4. The van der Waals surface area contributed by atoms with Crippen LogP contribution >= 0.6 is 0 Å². The van der Waals surface area contributed by atoms with Crippen molar-refractivity contribution in [1.29, 1.82) is 0 Å². The molecule has 0 aliphatic rings. The molecule has 22 heavy (non-hydrogen) atoms. The van der Waals surface area contributed by atoms with Crippen LogP contribution in [0.5, 0.6) is 0 Å². The number of rotatable bonds is 7. The molecule has 0 unspecified atom stereocenters. The molecule has 3 N–H and O–H groups in total. The van der Waals surface area contributed by atoms with Crippen molar-refractivity contribution in [3.05, 3.63) is 29.8 Å². The van der Waals surface area contributed by atoms with Crippen LogP contribution < -0.4 is 10.6 Å². The fourth-order valence-electron chi connectivity index (χ4n) is 1.90. The van der Waals surface area contributed by atoms with E-state index >= 15 is 0 Å². The number of amides is 2. The van der Waals surface area contributed by atoms with Crippen LogP contribution in [-0.4, -0.2) is 28.9 Å². The van der Waals surface area contributed by atoms with Gasteiger partial charge in [-0.2, -0.15) is 0 Å². The van der Waals surface area contributed by atoms with Gasteiger partial charge in [0.2, 0.25) is 5.91 Å². The van der Waals surface area contributed by atoms with Crippen molar-refractivity contribution in [1.82, 2.24) is 5.32 Å². The smallest absolute Gasteiger partial charge is 0.326 e. The van der Waals surface area contributed by atoms with Gasteiger partial charge >= 0.3 is 5.97 Å². The molecule has 1 aromatic carbocycles. The Morgan fingerprint density at radius 2 is 1.91 bits per heavy atom. The molecule has 0 saturated heterocycles. The molecule has 2 amide bonds. The Kier molecular flexibility index (Phi) is 6.56. The van der Waals surface area contributed by atoms with Crippen LogP contribution in [-0.2, 0) is 9.59 Å². The summed E-state index contributed by atoms with van der Waals surface area (Å²) >= 11 is 0. The van der Waals surface area contributed by atoms with Crippen molar-refractivity contribution in [3.8, 4) is 0 Å². The lowest BCUT2D eigenvalue weighted by Crippen LogP contribution is -2.45. The SMILES string of the molecule is CCC(=O)Nc1cccc(C(=O)N[C@H](C(=O)O)[C@@H](C)CC)c1. The second-order valence-electron chi connectivity index (χ2n) is 5.16. The largest absolute Gasteiger partial charge is 0.480 e. The summed E-state index contributed by atoms with van der Waals surface area (Å²) in [4.78, 5) is 34.8. The number of carboxylic acid groups (broad SMARTS) is 1. The van der Waals surface area contributed by atoms with Gasteiger partial charge in [0.1, 0.15) is 6.04 Å². The van der Waals surface area contributed by atoms with E-state index in [9.17, 15) is 19.5 Å². The minimum atomic E-state index is -1.06. The van der Waals surface area contributed by atoms with Crippen molar-refractivity contribution < 1.29 is 19.5 Å². The molecule has 120 valence electrons. The molecule has 0 heterocycles. The summed E-state index contributed by atoms with van der Waals surface area (Å²) in [6.45, 7) is 5.38. The molecule has 0 aliphatic carbocycles. The Balaban J connectivity index is 2.86. The van der Waals surface area contributed by atoms with Crippen molar-refractivity contribution in [2.75, 3.05) is 5.32 Å². The molecule has 0 bridgehead atoms. The number of nitrogens with one attached hydrogen (secondary N) is 2. The number of anilines is 1. The van der Waals surface area contributed by atoms with Gasteiger partial charge in [-0.3, -0.25) is 9.59 Å². The van der Waals surface area contributed by atoms with Crippen molar-refractivity contribution in [2.45, 2.75) is 39.7 Å². The second kappa shape index (κ2) is 8.17. The lowest BCUT2D eigenvalue weighted by Gasteiger charge is -2.20. The van der Waals surface area contributed by atoms with Gasteiger partial charge in [-0.1, -0.05) is 33.3 Å². The van der Waals surface area contributed by atoms with Crippen molar-refractivity contribution >= 4 is 23.5 Å². The maximum absolute atomic E-state index is 12.2. The van der Waals surface area contributed by atoms with Crippen LogP contribution in [0.1, 0.15) is 44.0 Å². The van der Waals surface area contributed by atoms with Crippen molar-refractivity contribution in [3.63, 3.8) is 0 Å². The summed E-state index contributed by atoms with van der Waals surface area (Å²) < 4.78 is 0. The minimum absolute atomic E-state index is 0.152. The quantitative estimate of drug-likeness (QED) is 0.720. The maximum atomic E-state index is 12.2. The van der Waals surface area contributed by atoms with E-state index in [0.717, 1.165) is 0 Å². The van der Waals surface area contributed by atoms with E-state index in [2.05, 4.69) is 10.6 Å². The standard InChI is InChI=1S/C16H22N2O4/c1-4-10(3)14(16(21)22)18-15(20)11-7-6-8-12(9-11)17-13(19)5-2/h6-10,14H,4-5H2,1-3H3,(H,17,19)(H,18,20)(H,21,22)/t10-,14-/m0/s1. The van der Waals surface area contributed by atoms with Gasteiger partial charge in [0.15, 0.2) is 0 Å². The van der Waals surface area contributed by atoms with E-state index in [-0.39, 0.29) is 11.8 Å². The summed E-state index contributed by atoms with van der Waals surface area (Å²) in [5, 5.41) is 14.4. The predicted molar refractivity (Wildman–Crippen MR) is 83.7 cm³/mol. The Labute approximate surface area is 129 Å². The van der Waals surface area contributed by atoms with Gasteiger partial charge < -0.3 is 15.7 Å². The van der Waals surface area contributed by atoms with Crippen LogP contribution in [0.2, 0.25) is 0 Å². The van der Waals surface area contributed by atoms with E-state index in [4.69, 9.17) is 0 Å². The van der Waals surface area contributed by atoms with E-state index in [0.29, 0.717) is 24.1 Å². The number of carboxylic acids is 1. The first-order chi connectivity index (χ1) is 10.4. The third-order valence-electron chi connectivity index (χ3n) is 3.50. The van der Waals surface area contributed by atoms with Gasteiger partial charge in [0.25, 0.3) is 5.91 Å². The monoisotopic (exact) mass is 306 g/mol. The lowest BCUT2D eigenvalue weighted by atomic mass is 9.99. The summed E-state index contributed by atoms with van der Waals surface area (Å²) in [6, 6.07) is 5.48. The van der Waals surface area contributed by atoms with Crippen LogP contribution in [0.3, 0.4) is 0 Å². The summed E-state index contributed by atoms with van der Waals surface area (Å²) in [5.74, 6) is -1.86. The van der Waals surface area contributed by atoms with Gasteiger partial charge in [0, 0.05) is 17.7 Å². The molecule has 6 heteroatoms. The van der Waals surface area contributed by atoms with Gasteiger partial charge in [-0.05, 0) is 24.1 Å². The molecule has 0 aliphatic heterocycles. The highest BCUT2D eigenvalue weighted by Gasteiger charge is 2.25. The number of benzene rings is 1. The maximum Gasteiger partial charge on any atom is 0.326 e. The van der Waals surface area contributed by atoms with Crippen molar-refractivity contribution in [2.24, 2.45) is 5.92 Å². The van der Waals surface area contributed by atoms with Crippen LogP contribution in [0.25, 0.3) is 0 Å². The molecule has 0 spiro atoms. The summed E-state index contributed by atoms with van der Waals surface area (Å²) in [5.41, 5.74) is 0.818. The van der Waals surface area contributed by atoms with Crippen LogP contribution in [0, 0.1) is 5.92 Å². The highest BCUT2D eigenvalue weighted by Crippen LogP contribution is 2.13. The Morgan fingerprint density at radius 3 is 2.45 bits per heavy atom. The second-order valence-corrected chi connectivity index (χ2v) is 5.16. The highest BCUT2D eigenvalue weighted by atomic mass is 16.4. The third-order valence-corrected chi connectivity index (χ3v) is 3.50. The minimum Gasteiger partial charge on any atom is -0.480 e. The fourth-order valence-corrected chi connectivity index (χ4v) is 1.90. The van der Waals surface area contributed by atoms with E-state index in [1.165, 1.54) is 6.07 Å². The van der Waals surface area contributed by atoms with E-state index < -0.39 is 17.9 Å². The zero-order valence-corrected chi connectivity index (χ0v) is 13.1. The third kappa shape index (κ3) is 4.87. The molecular weight excluding hydrogens is 284 g/mol. The molecule has 0 fully saturated rings. The Bertz CT molecular complexity index is 557. The van der Waals surface area contributed by atoms with Gasteiger partial charge in [-0.15, -0.1) is 0 Å². The molecule has 1 aromatic rings. The number of hydrogen-bond acceptors (Lipinski definition) is 3. The van der Waals surface area contributed by atoms with E-state index in [1.54, 1.807) is 32.0 Å². The van der Waals surface area contributed by atoms with Crippen LogP contribution in [0.15, 0.2) is 24.3 Å².